The summed E-state index contributed by atoms with van der Waals surface area (Å²) in [6.45, 7) is 0.670. The summed E-state index contributed by atoms with van der Waals surface area (Å²) in [7, 11) is 3.17. The van der Waals surface area contributed by atoms with Crippen LogP contribution in [0.5, 0.6) is 0 Å². The van der Waals surface area contributed by atoms with Crippen LogP contribution < -0.4 is 0 Å². The number of hydroxylamine groups is 2. The topological polar surface area (TPSA) is 85.8 Å². The van der Waals surface area contributed by atoms with Gasteiger partial charge in [-0.05, 0) is 22.9 Å². The average molecular weight is 356 g/mol. The van der Waals surface area contributed by atoms with E-state index in [9.17, 15) is 14.4 Å². The predicted octanol–water partition coefficient (Wildman–Crippen LogP) is 1.84. The Balaban J connectivity index is 1.49. The van der Waals surface area contributed by atoms with Crippen LogP contribution in [0, 0.1) is 0 Å². The van der Waals surface area contributed by atoms with Gasteiger partial charge in [-0.1, -0.05) is 16.9 Å². The number of rotatable bonds is 9. The van der Waals surface area contributed by atoms with Gasteiger partial charge in [0.15, 0.2) is 0 Å². The van der Waals surface area contributed by atoms with Gasteiger partial charge < -0.3 is 9.57 Å². The highest BCUT2D eigenvalue weighted by molar-refractivity contribution is 8.76. The molecule has 2 heterocycles. The number of hydrogen-bond donors (Lipinski definition) is 0. The molecule has 7 nitrogen and oxygen atoms in total. The number of aromatic nitrogens is 1. The second kappa shape index (κ2) is 9.53. The van der Waals surface area contributed by atoms with Crippen LogP contribution in [0.2, 0.25) is 0 Å². The Hall–Kier alpha value is -1.58. The third kappa shape index (κ3) is 6.20. The SMILES string of the molecule is O=C(CCOCCSSc1ccccn1)ON1C(=O)CCC1=O. The van der Waals surface area contributed by atoms with E-state index in [0.29, 0.717) is 11.7 Å². The zero-order valence-corrected chi connectivity index (χ0v) is 13.9. The smallest absolute Gasteiger partial charge is 0.335 e. The third-order valence-electron chi connectivity index (χ3n) is 2.74. The fraction of sp³-hybridized carbons (Fsp3) is 0.429. The van der Waals surface area contributed by atoms with Crippen molar-refractivity contribution < 1.29 is 24.0 Å². The van der Waals surface area contributed by atoms with Gasteiger partial charge in [0.05, 0.1) is 19.6 Å². The molecule has 0 aliphatic carbocycles. The van der Waals surface area contributed by atoms with Crippen molar-refractivity contribution in [2.24, 2.45) is 0 Å². The first-order chi connectivity index (χ1) is 11.2. The molecule has 1 aliphatic rings. The van der Waals surface area contributed by atoms with Gasteiger partial charge in [0, 0.05) is 24.8 Å². The van der Waals surface area contributed by atoms with E-state index in [0.717, 1.165) is 10.8 Å². The first-order valence-electron chi connectivity index (χ1n) is 7.01. The number of hydrogen-bond acceptors (Lipinski definition) is 8. The van der Waals surface area contributed by atoms with Crippen molar-refractivity contribution in [3.05, 3.63) is 24.4 Å². The van der Waals surface area contributed by atoms with Crippen LogP contribution in [0.15, 0.2) is 29.4 Å². The maximum Gasteiger partial charge on any atom is 0.335 e. The fourth-order valence-electron chi connectivity index (χ4n) is 1.65. The number of pyridine rings is 1. The minimum atomic E-state index is -0.649. The molecule has 0 radical (unpaired) electrons. The van der Waals surface area contributed by atoms with Crippen molar-refractivity contribution in [1.82, 2.24) is 10.0 Å². The number of ether oxygens (including phenoxy) is 1. The molecule has 124 valence electrons. The normalized spacial score (nSPS) is 14.3. The van der Waals surface area contributed by atoms with Gasteiger partial charge in [0.1, 0.15) is 5.03 Å². The molecule has 0 aromatic carbocycles. The summed E-state index contributed by atoms with van der Waals surface area (Å²) in [5.41, 5.74) is 0. The molecule has 1 aromatic rings. The van der Waals surface area contributed by atoms with Crippen LogP contribution in [-0.2, 0) is 24.0 Å². The highest BCUT2D eigenvalue weighted by atomic mass is 33.1. The Morgan fingerprint density at radius 3 is 2.70 bits per heavy atom. The van der Waals surface area contributed by atoms with E-state index in [1.165, 1.54) is 0 Å². The predicted molar refractivity (Wildman–Crippen MR) is 85.2 cm³/mol. The van der Waals surface area contributed by atoms with Crippen LogP contribution in [0.1, 0.15) is 19.3 Å². The van der Waals surface area contributed by atoms with E-state index in [4.69, 9.17) is 9.57 Å². The fourth-order valence-corrected chi connectivity index (χ4v) is 3.39. The van der Waals surface area contributed by atoms with E-state index in [1.54, 1.807) is 27.8 Å². The molecule has 23 heavy (non-hydrogen) atoms. The van der Waals surface area contributed by atoms with Crippen LogP contribution in [0.3, 0.4) is 0 Å². The number of carbonyl (C=O) groups excluding carboxylic acids is 3. The molecule has 1 fully saturated rings. The summed E-state index contributed by atoms with van der Waals surface area (Å²) >= 11 is 0. The summed E-state index contributed by atoms with van der Waals surface area (Å²) < 4.78 is 5.32. The standard InChI is InChI=1S/C14H16N2O5S2/c17-12-4-5-13(18)16(12)21-14(19)6-8-20-9-10-22-23-11-3-1-2-7-15-11/h1-3,7H,4-6,8-10H2. The highest BCUT2D eigenvalue weighted by Crippen LogP contribution is 2.28. The maximum absolute atomic E-state index is 11.5. The number of imide groups is 1. The molecular formula is C14H16N2O5S2. The maximum atomic E-state index is 11.5. The Labute approximate surface area is 141 Å². The van der Waals surface area contributed by atoms with E-state index < -0.39 is 17.8 Å². The molecule has 0 N–H and O–H groups in total. The molecule has 9 heteroatoms. The van der Waals surface area contributed by atoms with E-state index in [1.807, 2.05) is 18.2 Å². The van der Waals surface area contributed by atoms with Gasteiger partial charge in [0.25, 0.3) is 11.8 Å². The second-order valence-electron chi connectivity index (χ2n) is 4.48. The molecule has 1 saturated heterocycles. The lowest BCUT2D eigenvalue weighted by atomic mass is 10.4. The van der Waals surface area contributed by atoms with Crippen LogP contribution in [-0.4, -0.2) is 46.8 Å². The van der Waals surface area contributed by atoms with Gasteiger partial charge >= 0.3 is 5.97 Å². The van der Waals surface area contributed by atoms with Crippen LogP contribution in [0.25, 0.3) is 0 Å². The first-order valence-corrected chi connectivity index (χ1v) is 9.33. The monoisotopic (exact) mass is 356 g/mol. The number of nitrogens with zero attached hydrogens (tertiary/aromatic N) is 2. The molecule has 0 bridgehead atoms. The van der Waals surface area contributed by atoms with Gasteiger partial charge in [-0.3, -0.25) is 9.59 Å². The van der Waals surface area contributed by atoms with Crippen molar-refractivity contribution in [3.8, 4) is 0 Å². The molecule has 0 atom stereocenters. The zero-order valence-electron chi connectivity index (χ0n) is 12.3. The van der Waals surface area contributed by atoms with Crippen molar-refractivity contribution in [2.75, 3.05) is 19.0 Å². The molecule has 0 unspecified atom stereocenters. The van der Waals surface area contributed by atoms with E-state index in [2.05, 4.69) is 4.98 Å². The lowest BCUT2D eigenvalue weighted by Crippen LogP contribution is -2.32. The first kappa shape index (κ1) is 17.8. The molecule has 0 spiro atoms. The lowest BCUT2D eigenvalue weighted by molar-refractivity contribution is -0.198. The van der Waals surface area contributed by atoms with Crippen LogP contribution >= 0.6 is 21.6 Å². The summed E-state index contributed by atoms with van der Waals surface area (Å²) in [4.78, 5) is 42.9. The van der Waals surface area contributed by atoms with Gasteiger partial charge in [-0.2, -0.15) is 0 Å². The van der Waals surface area contributed by atoms with Crippen molar-refractivity contribution in [2.45, 2.75) is 24.3 Å². The highest BCUT2D eigenvalue weighted by Gasteiger charge is 2.32. The largest absolute Gasteiger partial charge is 0.380 e. The summed E-state index contributed by atoms with van der Waals surface area (Å²) in [5.74, 6) is -0.858. The number of carbonyl (C=O) groups is 3. The van der Waals surface area contributed by atoms with E-state index >= 15 is 0 Å². The molecule has 1 aliphatic heterocycles. The molecule has 0 saturated carbocycles. The summed E-state index contributed by atoms with van der Waals surface area (Å²) in [6, 6.07) is 5.71. The van der Waals surface area contributed by atoms with Gasteiger partial charge in [-0.25, -0.2) is 9.78 Å². The van der Waals surface area contributed by atoms with Crippen molar-refractivity contribution in [3.63, 3.8) is 0 Å². The molecule has 2 amide bonds. The molecule has 2 rings (SSSR count). The Morgan fingerprint density at radius 1 is 1.22 bits per heavy atom. The third-order valence-corrected chi connectivity index (χ3v) is 4.97. The van der Waals surface area contributed by atoms with Crippen molar-refractivity contribution in [1.29, 1.82) is 0 Å². The van der Waals surface area contributed by atoms with Gasteiger partial charge in [-0.15, -0.1) is 5.06 Å². The summed E-state index contributed by atoms with van der Waals surface area (Å²) in [5, 5.41) is 1.47. The Morgan fingerprint density at radius 2 is 2.00 bits per heavy atom. The zero-order chi connectivity index (χ0) is 16.5. The summed E-state index contributed by atoms with van der Waals surface area (Å²) in [6.07, 6.45) is 1.91. The van der Waals surface area contributed by atoms with Gasteiger partial charge in [0.2, 0.25) is 0 Å². The number of amides is 2. The lowest BCUT2D eigenvalue weighted by Gasteiger charge is -2.12. The molecular weight excluding hydrogens is 340 g/mol. The average Bonchev–Trinajstić information content (AvgIpc) is 2.87. The molecule has 1 aromatic heterocycles. The van der Waals surface area contributed by atoms with Crippen molar-refractivity contribution >= 4 is 39.4 Å². The minimum Gasteiger partial charge on any atom is -0.380 e. The minimum absolute atomic E-state index is 0.00485. The van der Waals surface area contributed by atoms with Crippen LogP contribution in [0.4, 0.5) is 0 Å². The van der Waals surface area contributed by atoms with E-state index in [-0.39, 0.29) is 25.9 Å². The Kier molecular flexibility index (Phi) is 7.37. The Bertz CT molecular complexity index is 539. The quantitative estimate of drug-likeness (QED) is 0.376. The second-order valence-corrected chi connectivity index (χ2v) is 6.92.